The summed E-state index contributed by atoms with van der Waals surface area (Å²) in [6, 6.07) is 8.65. The molecule has 1 amide bonds. The largest absolute Gasteiger partial charge is 0.444 e. The Kier molecular flexibility index (Phi) is 5.93. The standard InChI is InChI=1S/C23H23FN6O4/c24-19-5-2-16(11-18(19)22(31)26-17-3-4-17)20-6-1-15(12-25-20)13-28-7-8-29-14-21(30(32)33)27-23(29)34-10-9-28/h1-2,5-6,11-12,14,17H,3-4,7-10,13H2,(H,26,31). The summed E-state index contributed by atoms with van der Waals surface area (Å²) in [5.41, 5.74) is 2.32. The van der Waals surface area contributed by atoms with Crippen molar-refractivity contribution < 1.29 is 18.8 Å². The molecule has 10 nitrogen and oxygen atoms in total. The maximum Gasteiger partial charge on any atom is 0.414 e. The van der Waals surface area contributed by atoms with Crippen LogP contribution in [0.5, 0.6) is 6.01 Å². The molecule has 2 aliphatic rings. The molecule has 0 unspecified atom stereocenters. The zero-order chi connectivity index (χ0) is 23.7. The fraction of sp³-hybridized carbons (Fsp3) is 0.348. The van der Waals surface area contributed by atoms with Crippen LogP contribution in [0.3, 0.4) is 0 Å². The lowest BCUT2D eigenvalue weighted by atomic mass is 10.1. The van der Waals surface area contributed by atoms with Crippen LogP contribution in [0.4, 0.5) is 10.2 Å². The minimum atomic E-state index is -0.552. The van der Waals surface area contributed by atoms with E-state index in [1.165, 1.54) is 18.3 Å². The van der Waals surface area contributed by atoms with Gasteiger partial charge in [-0.05, 0) is 47.6 Å². The monoisotopic (exact) mass is 466 g/mol. The number of carbonyl (C=O) groups is 1. The van der Waals surface area contributed by atoms with E-state index in [4.69, 9.17) is 4.74 Å². The molecular formula is C23H23FN6O4. The van der Waals surface area contributed by atoms with Crippen molar-refractivity contribution in [2.45, 2.75) is 32.0 Å². The van der Waals surface area contributed by atoms with E-state index in [-0.39, 0.29) is 23.4 Å². The number of hydrogen-bond donors (Lipinski definition) is 1. The van der Waals surface area contributed by atoms with Crippen LogP contribution in [0.2, 0.25) is 0 Å². The predicted molar refractivity (Wildman–Crippen MR) is 120 cm³/mol. The zero-order valence-electron chi connectivity index (χ0n) is 18.3. The zero-order valence-corrected chi connectivity index (χ0v) is 18.3. The van der Waals surface area contributed by atoms with Gasteiger partial charge in [-0.1, -0.05) is 6.07 Å². The Balaban J connectivity index is 1.24. The molecule has 0 radical (unpaired) electrons. The first kappa shape index (κ1) is 22.0. The molecule has 1 aliphatic heterocycles. The molecule has 1 fully saturated rings. The average molecular weight is 466 g/mol. The predicted octanol–water partition coefficient (Wildman–Crippen LogP) is 2.78. The molecule has 3 heterocycles. The van der Waals surface area contributed by atoms with Gasteiger partial charge < -0.3 is 20.2 Å². The second-order valence-corrected chi connectivity index (χ2v) is 8.45. The number of hydrogen-bond acceptors (Lipinski definition) is 7. The fourth-order valence-electron chi connectivity index (χ4n) is 3.83. The van der Waals surface area contributed by atoms with Gasteiger partial charge in [0.2, 0.25) is 0 Å². The van der Waals surface area contributed by atoms with Crippen molar-refractivity contribution >= 4 is 11.7 Å². The van der Waals surface area contributed by atoms with E-state index in [2.05, 4.69) is 20.2 Å². The third-order valence-electron chi connectivity index (χ3n) is 5.86. The lowest BCUT2D eigenvalue weighted by molar-refractivity contribution is -0.389. The molecule has 1 aromatic carbocycles. The molecule has 11 heteroatoms. The summed E-state index contributed by atoms with van der Waals surface area (Å²) in [4.78, 5) is 33.3. The van der Waals surface area contributed by atoms with Gasteiger partial charge in [0.05, 0.1) is 11.3 Å². The number of imidazole rings is 1. The summed E-state index contributed by atoms with van der Waals surface area (Å²) in [5.74, 6) is -1.18. The molecule has 176 valence electrons. The highest BCUT2D eigenvalue weighted by atomic mass is 19.1. The second kappa shape index (κ2) is 9.18. The number of carbonyl (C=O) groups excluding carboxylic acids is 1. The van der Waals surface area contributed by atoms with Crippen LogP contribution < -0.4 is 10.1 Å². The number of nitrogens with one attached hydrogen (secondary N) is 1. The highest BCUT2D eigenvalue weighted by molar-refractivity contribution is 5.96. The Morgan fingerprint density at radius 3 is 2.82 bits per heavy atom. The summed E-state index contributed by atoms with van der Waals surface area (Å²) in [6.45, 7) is 2.81. The normalized spacial score (nSPS) is 16.1. The molecule has 1 N–H and O–H groups in total. The topological polar surface area (TPSA) is 115 Å². The van der Waals surface area contributed by atoms with Crippen LogP contribution >= 0.6 is 0 Å². The van der Waals surface area contributed by atoms with Gasteiger partial charge in [0, 0.05) is 49.0 Å². The maximum atomic E-state index is 14.2. The number of pyridine rings is 1. The quantitative estimate of drug-likeness (QED) is 0.439. The number of amides is 1. The molecule has 3 aromatic rings. The molecular weight excluding hydrogens is 443 g/mol. The number of benzene rings is 1. The summed E-state index contributed by atoms with van der Waals surface area (Å²) in [7, 11) is 0. The molecule has 0 saturated heterocycles. The molecule has 2 aromatic heterocycles. The van der Waals surface area contributed by atoms with Crippen molar-refractivity contribution in [2.75, 3.05) is 19.7 Å². The maximum absolute atomic E-state index is 14.2. The van der Waals surface area contributed by atoms with E-state index in [0.717, 1.165) is 18.4 Å². The first-order valence-corrected chi connectivity index (χ1v) is 11.1. The van der Waals surface area contributed by atoms with E-state index >= 15 is 0 Å². The van der Waals surface area contributed by atoms with E-state index in [9.17, 15) is 19.3 Å². The Bertz CT molecular complexity index is 1220. The van der Waals surface area contributed by atoms with Crippen LogP contribution in [-0.2, 0) is 13.1 Å². The van der Waals surface area contributed by atoms with Gasteiger partial charge in [-0.15, -0.1) is 0 Å². The average Bonchev–Trinajstić information content (AvgIpc) is 3.54. The van der Waals surface area contributed by atoms with Crippen molar-refractivity contribution in [1.82, 2.24) is 24.8 Å². The number of nitrogens with zero attached hydrogens (tertiary/aromatic N) is 5. The van der Waals surface area contributed by atoms with Crippen molar-refractivity contribution in [3.63, 3.8) is 0 Å². The van der Waals surface area contributed by atoms with Gasteiger partial charge in [0.15, 0.2) is 0 Å². The number of ether oxygens (including phenoxy) is 1. The van der Waals surface area contributed by atoms with Crippen molar-refractivity contribution in [2.24, 2.45) is 0 Å². The lowest BCUT2D eigenvalue weighted by Crippen LogP contribution is -2.33. The summed E-state index contributed by atoms with van der Waals surface area (Å²) < 4.78 is 21.4. The first-order valence-electron chi connectivity index (χ1n) is 11.1. The van der Waals surface area contributed by atoms with E-state index in [0.29, 0.717) is 44.0 Å². The van der Waals surface area contributed by atoms with Gasteiger partial charge in [0.25, 0.3) is 5.91 Å². The highest BCUT2D eigenvalue weighted by Crippen LogP contribution is 2.24. The molecule has 0 spiro atoms. The number of rotatable bonds is 6. The van der Waals surface area contributed by atoms with Crippen molar-refractivity contribution in [3.8, 4) is 17.3 Å². The van der Waals surface area contributed by atoms with E-state index in [1.807, 2.05) is 12.1 Å². The molecule has 1 aliphatic carbocycles. The van der Waals surface area contributed by atoms with Crippen LogP contribution in [0, 0.1) is 15.9 Å². The van der Waals surface area contributed by atoms with Crippen LogP contribution in [0.25, 0.3) is 11.3 Å². The lowest BCUT2D eigenvalue weighted by Gasteiger charge is -2.24. The minimum absolute atomic E-state index is 0.0232. The minimum Gasteiger partial charge on any atom is -0.444 e. The van der Waals surface area contributed by atoms with E-state index < -0.39 is 16.6 Å². The Morgan fingerprint density at radius 2 is 2.09 bits per heavy atom. The first-order chi connectivity index (χ1) is 16.5. The van der Waals surface area contributed by atoms with Gasteiger partial charge in [0.1, 0.15) is 18.6 Å². The van der Waals surface area contributed by atoms with Gasteiger partial charge in [-0.25, -0.2) is 4.39 Å². The van der Waals surface area contributed by atoms with Crippen molar-refractivity contribution in [3.05, 3.63) is 69.8 Å². The van der Waals surface area contributed by atoms with Crippen LogP contribution in [0.1, 0.15) is 28.8 Å². The van der Waals surface area contributed by atoms with Gasteiger partial charge in [-0.2, -0.15) is 0 Å². The summed E-state index contributed by atoms with van der Waals surface area (Å²) in [6.07, 6.45) is 5.01. The fourth-order valence-corrected chi connectivity index (χ4v) is 3.83. The number of fused-ring (bicyclic) bond motifs is 1. The third-order valence-corrected chi connectivity index (χ3v) is 5.86. The van der Waals surface area contributed by atoms with E-state index in [1.54, 1.807) is 16.8 Å². The summed E-state index contributed by atoms with van der Waals surface area (Å²) in [5, 5.41) is 13.8. The SMILES string of the molecule is O=C(NC1CC1)c1cc(-c2ccc(CN3CCOc4nc([N+](=O)[O-])cn4CC3)cn2)ccc1F. The molecule has 34 heavy (non-hydrogen) atoms. The van der Waals surface area contributed by atoms with Gasteiger partial charge in [-0.3, -0.25) is 19.2 Å². The Labute approximate surface area is 194 Å². The molecule has 5 rings (SSSR count). The molecule has 0 bridgehead atoms. The summed E-state index contributed by atoms with van der Waals surface area (Å²) >= 11 is 0. The van der Waals surface area contributed by atoms with Crippen molar-refractivity contribution in [1.29, 1.82) is 0 Å². The molecule has 1 saturated carbocycles. The third kappa shape index (κ3) is 4.88. The smallest absolute Gasteiger partial charge is 0.414 e. The highest BCUT2D eigenvalue weighted by Gasteiger charge is 2.25. The van der Waals surface area contributed by atoms with Gasteiger partial charge >= 0.3 is 11.8 Å². The van der Waals surface area contributed by atoms with Crippen LogP contribution in [0.15, 0.2) is 42.7 Å². The molecule has 0 atom stereocenters. The number of aromatic nitrogens is 3. The Morgan fingerprint density at radius 1 is 1.24 bits per heavy atom. The number of nitro groups is 1. The Hall–Kier alpha value is -3.86. The van der Waals surface area contributed by atoms with Crippen LogP contribution in [-0.4, -0.2) is 56.0 Å². The number of halogens is 1. The second-order valence-electron chi connectivity index (χ2n) is 8.45.